The van der Waals surface area contributed by atoms with E-state index in [0.29, 0.717) is 18.1 Å². The van der Waals surface area contributed by atoms with Crippen molar-refractivity contribution >= 4 is 21.9 Å². The Morgan fingerprint density at radius 3 is 2.68 bits per heavy atom. The number of rotatable bonds is 7. The van der Waals surface area contributed by atoms with Crippen LogP contribution in [0.1, 0.15) is 35.6 Å². The summed E-state index contributed by atoms with van der Waals surface area (Å²) >= 11 is 0. The van der Waals surface area contributed by atoms with E-state index >= 15 is 0 Å². The minimum absolute atomic E-state index is 0.163. The number of benzene rings is 1. The van der Waals surface area contributed by atoms with E-state index < -0.39 is 34.5 Å². The normalized spacial score (nSPS) is 27.8. The zero-order valence-electron chi connectivity index (χ0n) is 17.1. The lowest BCUT2D eigenvalue weighted by Crippen LogP contribution is -2.36. The second kappa shape index (κ2) is 8.67. The van der Waals surface area contributed by atoms with Gasteiger partial charge in [0.25, 0.3) is 0 Å². The van der Waals surface area contributed by atoms with E-state index in [2.05, 4.69) is 49.9 Å². The van der Waals surface area contributed by atoms with Gasteiger partial charge in [-0.25, -0.2) is 15.1 Å². The molecule has 0 aliphatic heterocycles. The molecule has 0 bridgehead atoms. The van der Waals surface area contributed by atoms with Crippen LogP contribution >= 0.6 is 0 Å². The molecule has 1 heterocycles. The SMILES string of the molecule is Cc1cccc2c1CC[C@@H]2Nc1cc(N[C@@H]2C[C@H](COS(N)(=O)=O)[C@@H](O)[C@H]2O)ncn1. The maximum Gasteiger partial charge on any atom is 0.333 e. The van der Waals surface area contributed by atoms with Gasteiger partial charge in [0.05, 0.1) is 24.8 Å². The Bertz CT molecular complexity index is 1050. The molecular weight excluding hydrogens is 422 g/mol. The van der Waals surface area contributed by atoms with Crippen LogP contribution in [0.15, 0.2) is 30.6 Å². The number of nitrogens with one attached hydrogen (secondary N) is 2. The Morgan fingerprint density at radius 2 is 1.94 bits per heavy atom. The van der Waals surface area contributed by atoms with Crippen LogP contribution < -0.4 is 15.8 Å². The monoisotopic (exact) mass is 449 g/mol. The van der Waals surface area contributed by atoms with Gasteiger partial charge in [0.1, 0.15) is 24.1 Å². The lowest BCUT2D eigenvalue weighted by atomic mass is 10.0. The number of fused-ring (bicyclic) bond motifs is 1. The molecule has 0 radical (unpaired) electrons. The molecule has 11 heteroatoms. The van der Waals surface area contributed by atoms with Gasteiger partial charge >= 0.3 is 10.3 Å². The predicted octanol–water partition coefficient (Wildman–Crippen LogP) is 0.627. The third-order valence-corrected chi connectivity index (χ3v) is 6.54. The van der Waals surface area contributed by atoms with Crippen LogP contribution in [0, 0.1) is 12.8 Å². The van der Waals surface area contributed by atoms with Gasteiger partial charge < -0.3 is 20.8 Å². The van der Waals surface area contributed by atoms with Crippen molar-refractivity contribution in [3.05, 3.63) is 47.3 Å². The third kappa shape index (κ3) is 4.96. The second-order valence-electron chi connectivity index (χ2n) is 8.17. The molecule has 2 aromatic rings. The average molecular weight is 450 g/mol. The highest BCUT2D eigenvalue weighted by molar-refractivity contribution is 7.84. The fourth-order valence-electron chi connectivity index (χ4n) is 4.49. The van der Waals surface area contributed by atoms with Gasteiger partial charge in [0.15, 0.2) is 0 Å². The quantitative estimate of drug-likeness (QED) is 0.408. The lowest BCUT2D eigenvalue weighted by molar-refractivity contribution is 0.00778. The zero-order chi connectivity index (χ0) is 22.2. The highest BCUT2D eigenvalue weighted by atomic mass is 32.2. The Balaban J connectivity index is 1.41. The van der Waals surface area contributed by atoms with Gasteiger partial charge in [0.2, 0.25) is 0 Å². The van der Waals surface area contributed by atoms with Crippen molar-refractivity contribution in [3.8, 4) is 0 Å². The zero-order valence-corrected chi connectivity index (χ0v) is 17.9. The summed E-state index contributed by atoms with van der Waals surface area (Å²) in [7, 11) is -4.11. The molecule has 1 aromatic heterocycles. The van der Waals surface area contributed by atoms with Gasteiger partial charge in [-0.15, -0.1) is 0 Å². The van der Waals surface area contributed by atoms with Gasteiger partial charge in [-0.3, -0.25) is 4.18 Å². The van der Waals surface area contributed by atoms with Crippen LogP contribution in [0.3, 0.4) is 0 Å². The minimum Gasteiger partial charge on any atom is -0.390 e. The van der Waals surface area contributed by atoms with E-state index in [-0.39, 0.29) is 12.6 Å². The Kier molecular flexibility index (Phi) is 6.13. The second-order valence-corrected chi connectivity index (χ2v) is 9.39. The number of aromatic nitrogens is 2. The van der Waals surface area contributed by atoms with Gasteiger partial charge in [-0.1, -0.05) is 18.2 Å². The molecular formula is C20H27N5O5S. The lowest BCUT2D eigenvalue weighted by Gasteiger charge is -2.19. The van der Waals surface area contributed by atoms with Crippen LogP contribution in [0.25, 0.3) is 0 Å². The number of nitrogens with zero attached hydrogens (tertiary/aromatic N) is 2. The molecule has 1 aromatic carbocycles. The molecule has 0 unspecified atom stereocenters. The standard InChI is InChI=1S/C20H27N5O5S/c1-11-3-2-4-14-13(11)5-6-15(14)24-17-8-18(23-10-22-17)25-16-7-12(19(26)20(16)27)9-30-31(21,28)29/h2-4,8,10,12,15-16,19-20,26-27H,5-7,9H2,1H3,(H2,21,28,29)(H2,22,23,24,25)/t12-,15+,16-,19-,20+/m1/s1. The molecule has 2 aliphatic rings. The van der Waals surface area contributed by atoms with Crippen molar-refractivity contribution in [1.29, 1.82) is 0 Å². The highest BCUT2D eigenvalue weighted by Gasteiger charge is 2.42. The van der Waals surface area contributed by atoms with Crippen molar-refractivity contribution in [2.45, 2.75) is 50.5 Å². The van der Waals surface area contributed by atoms with E-state index in [1.807, 2.05) is 0 Å². The molecule has 6 N–H and O–H groups in total. The van der Waals surface area contributed by atoms with Gasteiger partial charge in [-0.05, 0) is 42.9 Å². The minimum atomic E-state index is -4.11. The summed E-state index contributed by atoms with van der Waals surface area (Å²) in [6, 6.07) is 7.70. The topological polar surface area (TPSA) is 160 Å². The summed E-state index contributed by atoms with van der Waals surface area (Å²) < 4.78 is 26.6. The van der Waals surface area contributed by atoms with Crippen molar-refractivity contribution in [2.75, 3.05) is 17.2 Å². The van der Waals surface area contributed by atoms with Crippen LogP contribution in [0.5, 0.6) is 0 Å². The molecule has 2 aliphatic carbocycles. The molecule has 4 rings (SSSR count). The maximum atomic E-state index is 11.0. The average Bonchev–Trinajstić information content (AvgIpc) is 3.24. The van der Waals surface area contributed by atoms with Gasteiger partial charge in [0, 0.05) is 12.0 Å². The first-order valence-electron chi connectivity index (χ1n) is 10.2. The number of aliphatic hydroxyl groups excluding tert-OH is 2. The van der Waals surface area contributed by atoms with Crippen molar-refractivity contribution in [3.63, 3.8) is 0 Å². The number of anilines is 2. The molecule has 31 heavy (non-hydrogen) atoms. The molecule has 1 fully saturated rings. The molecule has 1 saturated carbocycles. The molecule has 0 amide bonds. The molecule has 10 nitrogen and oxygen atoms in total. The van der Waals surface area contributed by atoms with E-state index in [1.54, 1.807) is 6.07 Å². The van der Waals surface area contributed by atoms with E-state index in [1.165, 1.54) is 23.0 Å². The van der Waals surface area contributed by atoms with E-state index in [0.717, 1.165) is 12.8 Å². The summed E-state index contributed by atoms with van der Waals surface area (Å²) in [5.41, 5.74) is 3.95. The molecule has 0 saturated heterocycles. The largest absolute Gasteiger partial charge is 0.390 e. The van der Waals surface area contributed by atoms with Crippen LogP contribution in [-0.2, 0) is 20.9 Å². The molecule has 5 atom stereocenters. The fraction of sp³-hybridized carbons (Fsp3) is 0.500. The first-order valence-corrected chi connectivity index (χ1v) is 11.6. The number of hydrogen-bond donors (Lipinski definition) is 5. The number of nitrogens with two attached hydrogens (primary N) is 1. The summed E-state index contributed by atoms with van der Waals surface area (Å²) in [5.74, 6) is 0.562. The first-order chi connectivity index (χ1) is 14.7. The Hall–Kier alpha value is -2.31. The Morgan fingerprint density at radius 1 is 1.19 bits per heavy atom. The van der Waals surface area contributed by atoms with E-state index in [4.69, 9.17) is 5.14 Å². The molecule has 0 spiro atoms. The summed E-state index contributed by atoms with van der Waals surface area (Å²) in [4.78, 5) is 8.51. The van der Waals surface area contributed by atoms with Crippen LogP contribution in [0.2, 0.25) is 0 Å². The summed E-state index contributed by atoms with van der Waals surface area (Å²) in [5, 5.41) is 32.0. The number of hydrogen-bond acceptors (Lipinski definition) is 9. The number of aliphatic hydroxyl groups is 2. The summed E-state index contributed by atoms with van der Waals surface area (Å²) in [6.07, 6.45) is 1.47. The van der Waals surface area contributed by atoms with Crippen LogP contribution in [0.4, 0.5) is 11.6 Å². The molecule has 168 valence electrons. The number of aryl methyl sites for hydroxylation is 1. The van der Waals surface area contributed by atoms with Crippen molar-refractivity contribution < 1.29 is 22.8 Å². The Labute approximate surface area is 181 Å². The van der Waals surface area contributed by atoms with E-state index in [9.17, 15) is 18.6 Å². The maximum absolute atomic E-state index is 11.0. The van der Waals surface area contributed by atoms with Gasteiger partial charge in [-0.2, -0.15) is 8.42 Å². The predicted molar refractivity (Wildman–Crippen MR) is 114 cm³/mol. The first kappa shape index (κ1) is 21.9. The highest BCUT2D eigenvalue weighted by Crippen LogP contribution is 2.35. The van der Waals surface area contributed by atoms with Crippen molar-refractivity contribution in [1.82, 2.24) is 9.97 Å². The fourth-order valence-corrected chi connectivity index (χ4v) is 4.85. The third-order valence-electron chi connectivity index (χ3n) is 6.08. The van der Waals surface area contributed by atoms with Crippen molar-refractivity contribution in [2.24, 2.45) is 11.1 Å². The smallest absolute Gasteiger partial charge is 0.333 e. The van der Waals surface area contributed by atoms with Crippen LogP contribution in [-0.4, -0.2) is 53.5 Å². The summed E-state index contributed by atoms with van der Waals surface area (Å²) in [6.45, 7) is 1.82.